The van der Waals surface area contributed by atoms with Crippen LogP contribution in [-0.4, -0.2) is 18.9 Å². The molecule has 1 heterocycles. The number of rotatable bonds is 3. The maximum Gasteiger partial charge on any atom is 0.144 e. The van der Waals surface area contributed by atoms with Crippen LogP contribution in [0.25, 0.3) is 0 Å². The number of hydrogen-bond acceptors (Lipinski definition) is 3. The second-order valence-corrected chi connectivity index (χ2v) is 3.19. The molecule has 3 nitrogen and oxygen atoms in total. The molecule has 0 bridgehead atoms. The molecule has 0 saturated carbocycles. The van der Waals surface area contributed by atoms with Gasteiger partial charge < -0.3 is 9.26 Å². The van der Waals surface area contributed by atoms with Crippen molar-refractivity contribution < 1.29 is 9.26 Å². The molecule has 0 spiro atoms. The smallest absolute Gasteiger partial charge is 0.144 e. The zero-order valence-corrected chi connectivity index (χ0v) is 7.13. The molecule has 0 unspecified atom stereocenters. The first-order valence-corrected chi connectivity index (χ1v) is 3.57. The Balaban J connectivity index is 2.73. The van der Waals surface area contributed by atoms with E-state index in [4.69, 9.17) is 9.26 Å². The Morgan fingerprint density at radius 3 is 2.82 bits per heavy atom. The lowest BCUT2D eigenvalue weighted by molar-refractivity contribution is 0.129. The lowest BCUT2D eigenvalue weighted by atomic mass is 9.92. The van der Waals surface area contributed by atoms with Crippen LogP contribution in [0.3, 0.4) is 0 Å². The molecule has 1 aromatic heterocycles. The standard InChI is InChI=1S/C8H13NO2/c1-8(2,6-10-3)7-4-5-9-11-7/h4-5H,6H2,1-3H3. The van der Waals surface area contributed by atoms with Crippen LogP contribution in [0.2, 0.25) is 0 Å². The second kappa shape index (κ2) is 3.05. The summed E-state index contributed by atoms with van der Waals surface area (Å²) >= 11 is 0. The quantitative estimate of drug-likeness (QED) is 0.665. The summed E-state index contributed by atoms with van der Waals surface area (Å²) in [6.07, 6.45) is 1.65. The van der Waals surface area contributed by atoms with Crippen LogP contribution >= 0.6 is 0 Å². The molecule has 0 aliphatic carbocycles. The fourth-order valence-corrected chi connectivity index (χ4v) is 0.997. The van der Waals surface area contributed by atoms with Gasteiger partial charge in [-0.25, -0.2) is 0 Å². The highest BCUT2D eigenvalue weighted by Gasteiger charge is 2.23. The van der Waals surface area contributed by atoms with E-state index in [0.717, 1.165) is 5.76 Å². The summed E-state index contributed by atoms with van der Waals surface area (Å²) in [7, 11) is 1.68. The van der Waals surface area contributed by atoms with Gasteiger partial charge in [0, 0.05) is 18.6 Å². The van der Waals surface area contributed by atoms with E-state index >= 15 is 0 Å². The van der Waals surface area contributed by atoms with E-state index in [0.29, 0.717) is 6.61 Å². The van der Waals surface area contributed by atoms with Gasteiger partial charge >= 0.3 is 0 Å². The zero-order chi connectivity index (χ0) is 8.32. The van der Waals surface area contributed by atoms with E-state index in [2.05, 4.69) is 19.0 Å². The third-order valence-electron chi connectivity index (χ3n) is 1.61. The van der Waals surface area contributed by atoms with Gasteiger partial charge in [0.05, 0.1) is 12.8 Å². The average molecular weight is 155 g/mol. The van der Waals surface area contributed by atoms with Crippen LogP contribution in [-0.2, 0) is 10.2 Å². The summed E-state index contributed by atoms with van der Waals surface area (Å²) in [5.74, 6) is 0.861. The topological polar surface area (TPSA) is 35.3 Å². The zero-order valence-electron chi connectivity index (χ0n) is 7.13. The van der Waals surface area contributed by atoms with Gasteiger partial charge in [0.1, 0.15) is 5.76 Å². The fraction of sp³-hybridized carbons (Fsp3) is 0.625. The Morgan fingerprint density at radius 2 is 2.36 bits per heavy atom. The lowest BCUT2D eigenvalue weighted by Crippen LogP contribution is -2.22. The van der Waals surface area contributed by atoms with E-state index in [9.17, 15) is 0 Å². The average Bonchev–Trinajstić information content (AvgIpc) is 2.37. The van der Waals surface area contributed by atoms with E-state index in [1.807, 2.05) is 6.07 Å². The minimum absolute atomic E-state index is 0.0781. The molecule has 62 valence electrons. The molecule has 0 amide bonds. The maximum absolute atomic E-state index is 5.04. The molecular weight excluding hydrogens is 142 g/mol. The number of ether oxygens (including phenoxy) is 1. The Morgan fingerprint density at radius 1 is 1.64 bits per heavy atom. The molecule has 1 aromatic rings. The lowest BCUT2D eigenvalue weighted by Gasteiger charge is -2.19. The van der Waals surface area contributed by atoms with Gasteiger partial charge in [-0.05, 0) is 0 Å². The molecule has 0 aliphatic rings. The molecule has 0 aliphatic heterocycles. The van der Waals surface area contributed by atoms with Crippen molar-refractivity contribution in [3.05, 3.63) is 18.0 Å². The number of nitrogens with zero attached hydrogens (tertiary/aromatic N) is 1. The summed E-state index contributed by atoms with van der Waals surface area (Å²) in [5, 5.41) is 3.64. The van der Waals surface area contributed by atoms with Crippen LogP contribution in [0, 0.1) is 0 Å². The molecule has 0 fully saturated rings. The van der Waals surface area contributed by atoms with Crippen LogP contribution in [0.5, 0.6) is 0 Å². The number of aromatic nitrogens is 1. The van der Waals surface area contributed by atoms with Gasteiger partial charge in [0.15, 0.2) is 0 Å². The van der Waals surface area contributed by atoms with Gasteiger partial charge in [-0.1, -0.05) is 19.0 Å². The second-order valence-electron chi connectivity index (χ2n) is 3.19. The monoisotopic (exact) mass is 155 g/mol. The Bertz CT molecular complexity index is 204. The summed E-state index contributed by atoms with van der Waals surface area (Å²) in [6, 6.07) is 1.86. The first kappa shape index (κ1) is 8.27. The fourth-order valence-electron chi connectivity index (χ4n) is 0.997. The predicted octanol–water partition coefficient (Wildman–Crippen LogP) is 1.60. The van der Waals surface area contributed by atoms with Gasteiger partial charge in [0.25, 0.3) is 0 Å². The Labute approximate surface area is 66.3 Å². The normalized spacial score (nSPS) is 11.9. The van der Waals surface area contributed by atoms with Crippen molar-refractivity contribution >= 4 is 0 Å². The van der Waals surface area contributed by atoms with Gasteiger partial charge in [-0.3, -0.25) is 0 Å². The summed E-state index contributed by atoms with van der Waals surface area (Å²) in [4.78, 5) is 0. The number of methoxy groups -OCH3 is 1. The third-order valence-corrected chi connectivity index (χ3v) is 1.61. The SMILES string of the molecule is COCC(C)(C)c1ccno1. The minimum Gasteiger partial charge on any atom is -0.384 e. The molecule has 11 heavy (non-hydrogen) atoms. The van der Waals surface area contributed by atoms with Crippen molar-refractivity contribution in [3.8, 4) is 0 Å². The molecule has 3 heteroatoms. The largest absolute Gasteiger partial charge is 0.384 e. The number of hydrogen-bond donors (Lipinski definition) is 0. The predicted molar refractivity (Wildman–Crippen MR) is 41.4 cm³/mol. The maximum atomic E-state index is 5.04. The van der Waals surface area contributed by atoms with Crippen molar-refractivity contribution in [2.75, 3.05) is 13.7 Å². The van der Waals surface area contributed by atoms with E-state index in [-0.39, 0.29) is 5.41 Å². The minimum atomic E-state index is -0.0781. The molecule has 0 aromatic carbocycles. The van der Waals surface area contributed by atoms with Crippen molar-refractivity contribution in [1.29, 1.82) is 0 Å². The molecular formula is C8H13NO2. The van der Waals surface area contributed by atoms with Crippen molar-refractivity contribution in [2.45, 2.75) is 19.3 Å². The molecule has 0 radical (unpaired) electrons. The van der Waals surface area contributed by atoms with Gasteiger partial charge in [-0.2, -0.15) is 0 Å². The summed E-state index contributed by atoms with van der Waals surface area (Å²) in [5.41, 5.74) is -0.0781. The molecule has 0 N–H and O–H groups in total. The summed E-state index contributed by atoms with van der Waals surface area (Å²) in [6.45, 7) is 4.75. The molecule has 0 atom stereocenters. The van der Waals surface area contributed by atoms with Gasteiger partial charge in [0.2, 0.25) is 0 Å². The third kappa shape index (κ3) is 1.80. The molecule has 1 rings (SSSR count). The Kier molecular flexibility index (Phi) is 2.29. The highest BCUT2D eigenvalue weighted by atomic mass is 16.5. The van der Waals surface area contributed by atoms with Crippen LogP contribution in [0.15, 0.2) is 16.8 Å². The Hall–Kier alpha value is -0.830. The van der Waals surface area contributed by atoms with Crippen molar-refractivity contribution in [3.63, 3.8) is 0 Å². The first-order valence-electron chi connectivity index (χ1n) is 3.57. The van der Waals surface area contributed by atoms with Crippen molar-refractivity contribution in [2.24, 2.45) is 0 Å². The van der Waals surface area contributed by atoms with E-state index < -0.39 is 0 Å². The van der Waals surface area contributed by atoms with E-state index in [1.54, 1.807) is 13.3 Å². The van der Waals surface area contributed by atoms with Crippen LogP contribution < -0.4 is 0 Å². The highest BCUT2D eigenvalue weighted by Crippen LogP contribution is 2.22. The molecule has 0 saturated heterocycles. The summed E-state index contributed by atoms with van der Waals surface area (Å²) < 4.78 is 10.1. The van der Waals surface area contributed by atoms with Crippen LogP contribution in [0.1, 0.15) is 19.6 Å². The van der Waals surface area contributed by atoms with Crippen LogP contribution in [0.4, 0.5) is 0 Å². The van der Waals surface area contributed by atoms with E-state index in [1.165, 1.54) is 0 Å². The van der Waals surface area contributed by atoms with Gasteiger partial charge in [-0.15, -0.1) is 0 Å². The highest BCUT2D eigenvalue weighted by molar-refractivity contribution is 5.07. The first-order chi connectivity index (χ1) is 5.17. The van der Waals surface area contributed by atoms with Crippen molar-refractivity contribution in [1.82, 2.24) is 5.16 Å².